The fourth-order valence-electron chi connectivity index (χ4n) is 2.70. The van der Waals surface area contributed by atoms with Gasteiger partial charge in [-0.3, -0.25) is 9.69 Å². The quantitative estimate of drug-likeness (QED) is 0.768. The van der Waals surface area contributed by atoms with E-state index in [-0.39, 0.29) is 23.3 Å². The van der Waals surface area contributed by atoms with E-state index < -0.39 is 0 Å². The first kappa shape index (κ1) is 18.3. The Bertz CT molecular complexity index is 654. The van der Waals surface area contributed by atoms with Crippen molar-refractivity contribution in [3.63, 3.8) is 0 Å². The molecule has 1 unspecified atom stereocenters. The number of amides is 1. The van der Waals surface area contributed by atoms with Gasteiger partial charge in [0.15, 0.2) is 0 Å². The smallest absolute Gasteiger partial charge is 0.255 e. The summed E-state index contributed by atoms with van der Waals surface area (Å²) in [6.07, 6.45) is 0. The van der Waals surface area contributed by atoms with E-state index in [1.165, 1.54) is 18.7 Å². The Kier molecular flexibility index (Phi) is 6.63. The molecule has 0 aliphatic heterocycles. The van der Waals surface area contributed by atoms with Gasteiger partial charge in [0.05, 0.1) is 18.7 Å². The average molecular weight is 348 g/mol. The number of benzene rings is 1. The maximum Gasteiger partial charge on any atom is 0.255 e. The molecule has 6 heteroatoms. The van der Waals surface area contributed by atoms with E-state index in [2.05, 4.69) is 35.5 Å². The fraction of sp³-hybridized carbons (Fsp3) is 0.389. The van der Waals surface area contributed by atoms with E-state index in [0.717, 1.165) is 13.1 Å². The largest absolute Gasteiger partial charge is 0.507 e. The molecule has 0 saturated heterocycles. The highest BCUT2D eigenvalue weighted by atomic mass is 32.1. The first-order chi connectivity index (χ1) is 11.6. The molecule has 0 fully saturated rings. The topological polar surface area (TPSA) is 61.8 Å². The van der Waals surface area contributed by atoms with Crippen LogP contribution in [-0.4, -0.2) is 42.7 Å². The third-order valence-corrected chi connectivity index (χ3v) is 4.79. The molecule has 0 radical (unpaired) electrons. The van der Waals surface area contributed by atoms with Crippen LogP contribution in [0, 0.1) is 0 Å². The summed E-state index contributed by atoms with van der Waals surface area (Å²) in [7, 11) is 1.53. The number of hydrogen-bond acceptors (Lipinski definition) is 5. The van der Waals surface area contributed by atoms with E-state index in [0.29, 0.717) is 12.3 Å². The Balaban J connectivity index is 2.13. The number of ether oxygens (including phenoxy) is 1. The van der Waals surface area contributed by atoms with Crippen molar-refractivity contribution >= 4 is 17.2 Å². The zero-order chi connectivity index (χ0) is 17.5. The molecule has 5 nitrogen and oxygen atoms in total. The van der Waals surface area contributed by atoms with Crippen LogP contribution in [0.5, 0.6) is 11.5 Å². The number of methoxy groups -OCH3 is 1. The minimum atomic E-state index is -0.307. The molecular formula is C18H24N2O3S. The van der Waals surface area contributed by atoms with Crippen LogP contribution >= 0.6 is 11.3 Å². The van der Waals surface area contributed by atoms with Gasteiger partial charge in [-0.1, -0.05) is 13.8 Å². The molecule has 1 aromatic carbocycles. The molecule has 0 saturated carbocycles. The lowest BCUT2D eigenvalue weighted by Gasteiger charge is -2.29. The standard InChI is InChI=1S/C18H24N2O3S/c1-4-20(5-2)16(13-8-9-24-12-13)11-19-18(22)15-10-14(23-3)6-7-17(15)21/h6-10,12,16,21H,4-5,11H2,1-3H3,(H,19,22). The zero-order valence-corrected chi connectivity index (χ0v) is 15.1. The average Bonchev–Trinajstić information content (AvgIpc) is 3.13. The molecule has 24 heavy (non-hydrogen) atoms. The molecule has 0 aliphatic rings. The van der Waals surface area contributed by atoms with Crippen LogP contribution in [0.25, 0.3) is 0 Å². The van der Waals surface area contributed by atoms with Crippen LogP contribution in [0.1, 0.15) is 35.8 Å². The molecule has 130 valence electrons. The van der Waals surface area contributed by atoms with Crippen LogP contribution in [0.4, 0.5) is 0 Å². The molecule has 0 spiro atoms. The summed E-state index contributed by atoms with van der Waals surface area (Å²) < 4.78 is 5.12. The van der Waals surface area contributed by atoms with Gasteiger partial charge in [0.2, 0.25) is 0 Å². The summed E-state index contributed by atoms with van der Waals surface area (Å²) in [6.45, 7) is 6.50. The number of nitrogens with one attached hydrogen (secondary N) is 1. The number of hydrogen-bond donors (Lipinski definition) is 2. The Morgan fingerprint density at radius 2 is 2.08 bits per heavy atom. The lowest BCUT2D eigenvalue weighted by atomic mass is 10.1. The minimum absolute atomic E-state index is 0.0526. The monoisotopic (exact) mass is 348 g/mol. The van der Waals surface area contributed by atoms with Gasteiger partial charge in [0.1, 0.15) is 11.5 Å². The van der Waals surface area contributed by atoms with Crippen molar-refractivity contribution in [1.29, 1.82) is 0 Å². The number of likely N-dealkylation sites (N-methyl/N-ethyl adjacent to an activating group) is 1. The summed E-state index contributed by atoms with van der Waals surface area (Å²) in [4.78, 5) is 14.8. The van der Waals surface area contributed by atoms with Crippen molar-refractivity contribution in [2.75, 3.05) is 26.7 Å². The Labute approximate surface area is 146 Å². The lowest BCUT2D eigenvalue weighted by Crippen LogP contribution is -2.37. The van der Waals surface area contributed by atoms with Crippen LogP contribution < -0.4 is 10.1 Å². The molecule has 2 aromatic rings. The number of phenols is 1. The van der Waals surface area contributed by atoms with Gasteiger partial charge in [-0.2, -0.15) is 11.3 Å². The highest BCUT2D eigenvalue weighted by molar-refractivity contribution is 7.07. The van der Waals surface area contributed by atoms with Crippen LogP contribution in [-0.2, 0) is 0 Å². The highest BCUT2D eigenvalue weighted by Crippen LogP contribution is 2.24. The van der Waals surface area contributed by atoms with Crippen LogP contribution in [0.3, 0.4) is 0 Å². The fourth-order valence-corrected chi connectivity index (χ4v) is 3.40. The van der Waals surface area contributed by atoms with Gasteiger partial charge >= 0.3 is 0 Å². The van der Waals surface area contributed by atoms with Crippen molar-refractivity contribution in [3.05, 3.63) is 46.2 Å². The van der Waals surface area contributed by atoms with Gasteiger partial charge in [0, 0.05) is 6.54 Å². The molecule has 2 rings (SSSR count). The van der Waals surface area contributed by atoms with Gasteiger partial charge < -0.3 is 15.2 Å². The summed E-state index contributed by atoms with van der Waals surface area (Å²) in [5.41, 5.74) is 1.41. The summed E-state index contributed by atoms with van der Waals surface area (Å²) in [5, 5.41) is 17.0. The number of phenolic OH excluding ortho intramolecular Hbond substituents is 1. The van der Waals surface area contributed by atoms with Gasteiger partial charge in [-0.25, -0.2) is 0 Å². The van der Waals surface area contributed by atoms with E-state index in [4.69, 9.17) is 4.74 Å². The third-order valence-electron chi connectivity index (χ3n) is 4.09. The summed E-state index contributed by atoms with van der Waals surface area (Å²) in [5.74, 6) is 0.179. The number of carbonyl (C=O) groups is 1. The van der Waals surface area contributed by atoms with Gasteiger partial charge in [-0.15, -0.1) is 0 Å². The maximum atomic E-state index is 12.5. The molecule has 2 N–H and O–H groups in total. The first-order valence-corrected chi connectivity index (χ1v) is 8.96. The van der Waals surface area contributed by atoms with E-state index in [9.17, 15) is 9.90 Å². The molecule has 0 bridgehead atoms. The molecular weight excluding hydrogens is 324 g/mol. The predicted octanol–water partition coefficient (Wildman–Crippen LogP) is 3.28. The molecule has 1 aromatic heterocycles. The first-order valence-electron chi connectivity index (χ1n) is 8.02. The Morgan fingerprint density at radius 3 is 2.67 bits per heavy atom. The number of carbonyl (C=O) groups excluding carboxylic acids is 1. The maximum absolute atomic E-state index is 12.5. The third kappa shape index (κ3) is 4.27. The van der Waals surface area contributed by atoms with Crippen LogP contribution in [0.2, 0.25) is 0 Å². The minimum Gasteiger partial charge on any atom is -0.507 e. The van der Waals surface area contributed by atoms with Crippen molar-refractivity contribution < 1.29 is 14.6 Å². The number of aromatic hydroxyl groups is 1. The Hall–Kier alpha value is -2.05. The van der Waals surface area contributed by atoms with E-state index in [1.807, 2.05) is 5.38 Å². The second kappa shape index (κ2) is 8.70. The molecule has 1 heterocycles. The second-order valence-corrected chi connectivity index (χ2v) is 6.17. The van der Waals surface area contributed by atoms with Crippen molar-refractivity contribution in [2.45, 2.75) is 19.9 Å². The summed E-state index contributed by atoms with van der Waals surface area (Å²) >= 11 is 1.65. The number of thiophene rings is 1. The van der Waals surface area contributed by atoms with Crippen molar-refractivity contribution in [3.8, 4) is 11.5 Å². The number of nitrogens with zero attached hydrogens (tertiary/aromatic N) is 1. The van der Waals surface area contributed by atoms with Gasteiger partial charge in [0.25, 0.3) is 5.91 Å². The second-order valence-electron chi connectivity index (χ2n) is 5.39. The molecule has 0 aliphatic carbocycles. The highest BCUT2D eigenvalue weighted by Gasteiger charge is 2.20. The van der Waals surface area contributed by atoms with E-state index in [1.54, 1.807) is 23.5 Å². The Morgan fingerprint density at radius 1 is 1.33 bits per heavy atom. The molecule has 1 atom stereocenters. The van der Waals surface area contributed by atoms with Crippen molar-refractivity contribution in [2.24, 2.45) is 0 Å². The predicted molar refractivity (Wildman–Crippen MR) is 97.0 cm³/mol. The van der Waals surface area contributed by atoms with E-state index >= 15 is 0 Å². The van der Waals surface area contributed by atoms with Crippen molar-refractivity contribution in [1.82, 2.24) is 10.2 Å². The molecule has 1 amide bonds. The lowest BCUT2D eigenvalue weighted by molar-refractivity contribution is 0.0932. The summed E-state index contributed by atoms with van der Waals surface area (Å²) in [6, 6.07) is 6.83. The van der Waals surface area contributed by atoms with Gasteiger partial charge in [-0.05, 0) is 53.7 Å². The van der Waals surface area contributed by atoms with Crippen LogP contribution in [0.15, 0.2) is 35.0 Å². The zero-order valence-electron chi connectivity index (χ0n) is 14.3. The normalized spacial score (nSPS) is 12.2. The number of rotatable bonds is 8. The SMILES string of the molecule is CCN(CC)C(CNC(=O)c1cc(OC)ccc1O)c1ccsc1.